The minimum Gasteiger partial charge on any atom is -0.493 e. The number of hydrogen-bond acceptors (Lipinski definition) is 9. The number of hydrogen-bond donors (Lipinski definition) is 1. The Balaban J connectivity index is 1.66. The molecule has 0 saturated heterocycles. The van der Waals surface area contributed by atoms with Gasteiger partial charge in [0.15, 0.2) is 23.9 Å². The largest absolute Gasteiger partial charge is 0.493 e. The van der Waals surface area contributed by atoms with Gasteiger partial charge in [0.25, 0.3) is 0 Å². The molecule has 34 heavy (non-hydrogen) atoms. The molecule has 1 aromatic heterocycles. The van der Waals surface area contributed by atoms with E-state index in [1.807, 2.05) is 0 Å². The average molecular weight is 469 g/mol. The number of fused-ring (bicyclic) bond motifs is 1. The van der Waals surface area contributed by atoms with E-state index in [9.17, 15) is 19.2 Å². The first-order valence-corrected chi connectivity index (χ1v) is 10.3. The zero-order chi connectivity index (χ0) is 24.7. The van der Waals surface area contributed by atoms with Gasteiger partial charge in [-0.2, -0.15) is 0 Å². The van der Waals surface area contributed by atoms with Crippen LogP contribution in [0.3, 0.4) is 0 Å². The van der Waals surface area contributed by atoms with Gasteiger partial charge in [0.2, 0.25) is 0 Å². The summed E-state index contributed by atoms with van der Waals surface area (Å²) in [4.78, 5) is 47.3. The third-order valence-electron chi connectivity index (χ3n) is 4.66. The molecule has 178 valence electrons. The van der Waals surface area contributed by atoms with E-state index >= 15 is 0 Å². The molecule has 1 amide bonds. The van der Waals surface area contributed by atoms with E-state index in [0.717, 1.165) is 0 Å². The van der Waals surface area contributed by atoms with E-state index in [1.165, 1.54) is 38.3 Å². The van der Waals surface area contributed by atoms with Gasteiger partial charge in [0.05, 0.1) is 13.7 Å². The first kappa shape index (κ1) is 24.3. The number of anilines is 1. The fourth-order valence-electron chi connectivity index (χ4n) is 3.05. The van der Waals surface area contributed by atoms with E-state index < -0.39 is 24.3 Å². The zero-order valence-corrected chi connectivity index (χ0v) is 18.8. The lowest BCUT2D eigenvalue weighted by Gasteiger charge is -2.12. The van der Waals surface area contributed by atoms with Crippen LogP contribution in [0.4, 0.5) is 10.5 Å². The van der Waals surface area contributed by atoms with Gasteiger partial charge in [-0.25, -0.2) is 14.4 Å². The molecule has 0 saturated carbocycles. The summed E-state index contributed by atoms with van der Waals surface area (Å²) in [5.41, 5.74) is 0.812. The van der Waals surface area contributed by atoms with Crippen molar-refractivity contribution in [3.05, 3.63) is 64.0 Å². The van der Waals surface area contributed by atoms with E-state index in [2.05, 4.69) is 5.32 Å². The number of nitrogens with one attached hydrogen (secondary N) is 1. The zero-order valence-electron chi connectivity index (χ0n) is 18.8. The molecule has 10 nitrogen and oxygen atoms in total. The molecule has 10 heteroatoms. The van der Waals surface area contributed by atoms with Gasteiger partial charge >= 0.3 is 17.7 Å². The van der Waals surface area contributed by atoms with Gasteiger partial charge in [0, 0.05) is 34.3 Å². The number of carbonyl (C=O) groups is 3. The SMILES string of the molecule is CCOC(=O)Nc1ccc2c(COC(=O)COc3ccc(C(C)=O)cc3OC)cc(=O)oc2c1. The van der Waals surface area contributed by atoms with Crippen molar-refractivity contribution in [2.45, 2.75) is 20.5 Å². The molecule has 0 spiro atoms. The summed E-state index contributed by atoms with van der Waals surface area (Å²) >= 11 is 0. The quantitative estimate of drug-likeness (QED) is 0.283. The molecule has 0 atom stereocenters. The molecule has 0 aliphatic rings. The summed E-state index contributed by atoms with van der Waals surface area (Å²) in [6.45, 7) is 2.71. The molecule has 3 aromatic rings. The standard InChI is InChI=1S/C24H23NO9/c1-4-31-24(29)25-17-6-7-18-16(10-22(27)34-20(18)11-17)12-33-23(28)13-32-19-8-5-15(14(2)26)9-21(19)30-3/h5-11H,4,12-13H2,1-3H3,(H,25,29). The normalized spacial score (nSPS) is 10.4. The summed E-state index contributed by atoms with van der Waals surface area (Å²) in [7, 11) is 1.42. The van der Waals surface area contributed by atoms with E-state index in [4.69, 9.17) is 23.4 Å². The number of rotatable bonds is 9. The van der Waals surface area contributed by atoms with Crippen molar-refractivity contribution in [2.24, 2.45) is 0 Å². The maximum absolute atomic E-state index is 12.2. The molecule has 0 unspecified atom stereocenters. The Hall–Kier alpha value is -4.34. The lowest BCUT2D eigenvalue weighted by atomic mass is 10.1. The van der Waals surface area contributed by atoms with Crippen LogP contribution < -0.4 is 20.4 Å². The number of amides is 1. The lowest BCUT2D eigenvalue weighted by molar-refractivity contribution is -0.147. The highest BCUT2D eigenvalue weighted by Crippen LogP contribution is 2.28. The fourth-order valence-corrected chi connectivity index (χ4v) is 3.05. The van der Waals surface area contributed by atoms with Crippen LogP contribution in [-0.4, -0.2) is 38.2 Å². The number of ketones is 1. The first-order valence-electron chi connectivity index (χ1n) is 10.3. The van der Waals surface area contributed by atoms with Crippen LogP contribution in [0.25, 0.3) is 11.0 Å². The van der Waals surface area contributed by atoms with Crippen LogP contribution in [0.1, 0.15) is 29.8 Å². The van der Waals surface area contributed by atoms with Crippen LogP contribution >= 0.6 is 0 Å². The van der Waals surface area contributed by atoms with E-state index in [0.29, 0.717) is 28.0 Å². The Labute approximate surface area is 194 Å². The summed E-state index contributed by atoms with van der Waals surface area (Å²) in [5.74, 6) is -0.233. The van der Waals surface area contributed by atoms with Crippen LogP contribution in [-0.2, 0) is 20.9 Å². The molecule has 0 aliphatic carbocycles. The molecular formula is C24H23NO9. The molecule has 0 bridgehead atoms. The van der Waals surface area contributed by atoms with Crippen molar-refractivity contribution >= 4 is 34.5 Å². The van der Waals surface area contributed by atoms with Crippen LogP contribution in [0.2, 0.25) is 0 Å². The second-order valence-electron chi connectivity index (χ2n) is 7.02. The number of carbonyl (C=O) groups excluding carboxylic acids is 3. The molecule has 0 fully saturated rings. The maximum atomic E-state index is 12.2. The van der Waals surface area contributed by atoms with Gasteiger partial charge in [-0.15, -0.1) is 0 Å². The summed E-state index contributed by atoms with van der Waals surface area (Å²) < 4.78 is 25.9. The Morgan fingerprint density at radius 2 is 1.79 bits per heavy atom. The Kier molecular flexibility index (Phi) is 7.86. The summed E-state index contributed by atoms with van der Waals surface area (Å²) in [6, 6.07) is 10.5. The minimum absolute atomic E-state index is 0.132. The fraction of sp³-hybridized carbons (Fsp3) is 0.250. The monoisotopic (exact) mass is 469 g/mol. The van der Waals surface area contributed by atoms with Crippen LogP contribution in [0.15, 0.2) is 51.7 Å². The van der Waals surface area contributed by atoms with Crippen molar-refractivity contribution in [1.29, 1.82) is 0 Å². The lowest BCUT2D eigenvalue weighted by Crippen LogP contribution is -2.16. The van der Waals surface area contributed by atoms with Gasteiger partial charge < -0.3 is 23.4 Å². The van der Waals surface area contributed by atoms with Crippen molar-refractivity contribution in [3.63, 3.8) is 0 Å². The highest BCUT2D eigenvalue weighted by molar-refractivity contribution is 5.94. The second kappa shape index (κ2) is 11.0. The van der Waals surface area contributed by atoms with E-state index in [-0.39, 0.29) is 30.3 Å². The molecular weight excluding hydrogens is 446 g/mol. The number of Topliss-reactive ketones (excluding diaryl/α,β-unsaturated/α-hetero) is 1. The molecule has 1 N–H and O–H groups in total. The number of benzene rings is 2. The minimum atomic E-state index is -0.681. The third-order valence-corrected chi connectivity index (χ3v) is 4.66. The second-order valence-corrected chi connectivity index (χ2v) is 7.02. The molecule has 1 heterocycles. The van der Waals surface area contributed by atoms with Crippen LogP contribution in [0.5, 0.6) is 11.5 Å². The van der Waals surface area contributed by atoms with Gasteiger partial charge in [-0.1, -0.05) is 0 Å². The van der Waals surface area contributed by atoms with Crippen molar-refractivity contribution in [2.75, 3.05) is 25.6 Å². The Morgan fingerprint density at radius 1 is 1.00 bits per heavy atom. The maximum Gasteiger partial charge on any atom is 0.411 e. The third kappa shape index (κ3) is 6.12. The van der Waals surface area contributed by atoms with Crippen molar-refractivity contribution in [3.8, 4) is 11.5 Å². The van der Waals surface area contributed by atoms with Gasteiger partial charge in [-0.05, 0) is 44.2 Å². The Morgan fingerprint density at radius 3 is 2.50 bits per heavy atom. The van der Waals surface area contributed by atoms with Gasteiger partial charge in [-0.3, -0.25) is 10.1 Å². The number of methoxy groups -OCH3 is 1. The smallest absolute Gasteiger partial charge is 0.411 e. The number of esters is 1. The van der Waals surface area contributed by atoms with Crippen molar-refractivity contribution < 1.29 is 37.7 Å². The summed E-state index contributed by atoms with van der Waals surface area (Å²) in [6.07, 6.45) is -0.637. The van der Waals surface area contributed by atoms with Gasteiger partial charge in [0.1, 0.15) is 12.2 Å². The van der Waals surface area contributed by atoms with Crippen LogP contribution in [0, 0.1) is 0 Å². The predicted molar refractivity (Wildman–Crippen MR) is 121 cm³/mol. The first-order chi connectivity index (χ1) is 16.3. The Bertz CT molecular complexity index is 1280. The van der Waals surface area contributed by atoms with Crippen molar-refractivity contribution in [1.82, 2.24) is 0 Å². The molecule has 2 aromatic carbocycles. The molecule has 3 rings (SSSR count). The highest BCUT2D eigenvalue weighted by Gasteiger charge is 2.13. The number of ether oxygens (including phenoxy) is 4. The molecule has 0 radical (unpaired) electrons. The molecule has 0 aliphatic heterocycles. The predicted octanol–water partition coefficient (Wildman–Crippen LogP) is 3.69. The van der Waals surface area contributed by atoms with E-state index in [1.54, 1.807) is 25.1 Å². The topological polar surface area (TPSA) is 130 Å². The highest BCUT2D eigenvalue weighted by atomic mass is 16.6. The summed E-state index contributed by atoms with van der Waals surface area (Å²) in [5, 5.41) is 3.05. The average Bonchev–Trinajstić information content (AvgIpc) is 2.80.